The Bertz CT molecular complexity index is 3160. The second-order valence-electron chi connectivity index (χ2n) is 20.5. The second-order valence-corrected chi connectivity index (χ2v) is 20.5. The molecular weight excluding hydrogens is 1000 g/mol. The summed E-state index contributed by atoms with van der Waals surface area (Å²) in [6.07, 6.45) is 5.06. The third-order valence-electron chi connectivity index (χ3n) is 14.9. The number of aliphatic hydroxyl groups excluding tert-OH is 2. The molecule has 8 N–H and O–H groups in total. The lowest BCUT2D eigenvalue weighted by Crippen LogP contribution is -2.54. The number of aryl methyl sites for hydroxylation is 1. The summed E-state index contributed by atoms with van der Waals surface area (Å²) in [7, 11) is 0. The number of anilines is 1. The number of Topliss-reactive ketones (excluding diaryl/α,β-unsaturated/α-hetero) is 2. The average Bonchev–Trinajstić information content (AvgIpc) is 3.58. The Morgan fingerprint density at radius 3 is 2.22 bits per heavy atom. The molecule has 0 unspecified atom stereocenters. The van der Waals surface area contributed by atoms with Gasteiger partial charge in [0, 0.05) is 73.5 Å². The Morgan fingerprint density at radius 2 is 1.53 bits per heavy atom. The fourth-order valence-electron chi connectivity index (χ4n) is 10.7. The fraction of sp³-hybridized carbons (Fsp3) is 0.407. The first kappa shape index (κ1) is 56.0. The summed E-state index contributed by atoms with van der Waals surface area (Å²) in [4.78, 5) is 118. The number of hydrogen-bond acceptors (Lipinski definition) is 15. The number of epoxide rings is 1. The first-order valence-corrected chi connectivity index (χ1v) is 26.0. The Kier molecular flexibility index (Phi) is 16.9. The van der Waals surface area contributed by atoms with Gasteiger partial charge in [-0.1, -0.05) is 80.3 Å². The number of esters is 1. The van der Waals surface area contributed by atoms with Crippen LogP contribution in [-0.4, -0.2) is 116 Å². The van der Waals surface area contributed by atoms with Crippen LogP contribution in [0.1, 0.15) is 126 Å². The number of urea groups is 1. The van der Waals surface area contributed by atoms with Crippen molar-refractivity contribution in [2.45, 2.75) is 127 Å². The minimum absolute atomic E-state index is 0.0217. The molecule has 19 nitrogen and oxygen atoms in total. The van der Waals surface area contributed by atoms with E-state index < -0.39 is 76.6 Å². The molecule has 0 radical (unpaired) electrons. The van der Waals surface area contributed by atoms with Gasteiger partial charge in [-0.2, -0.15) is 0 Å². The van der Waals surface area contributed by atoms with Crippen molar-refractivity contribution in [3.63, 3.8) is 0 Å². The van der Waals surface area contributed by atoms with Gasteiger partial charge in [0.15, 0.2) is 34.7 Å². The van der Waals surface area contributed by atoms with Crippen molar-refractivity contribution in [3.8, 4) is 29.4 Å². The van der Waals surface area contributed by atoms with Gasteiger partial charge < -0.3 is 46.5 Å². The van der Waals surface area contributed by atoms with Crippen LogP contribution in [0.5, 0.6) is 5.75 Å². The van der Waals surface area contributed by atoms with E-state index in [1.165, 1.54) is 49.4 Å². The summed E-state index contributed by atoms with van der Waals surface area (Å²) in [5, 5.41) is 42.5. The number of amides is 5. The first-order chi connectivity index (χ1) is 37.3. The molecule has 7 atom stereocenters. The van der Waals surface area contributed by atoms with Gasteiger partial charge in [-0.25, -0.2) is 4.79 Å². The third-order valence-corrected chi connectivity index (χ3v) is 14.9. The van der Waals surface area contributed by atoms with Crippen molar-refractivity contribution >= 4 is 58.5 Å². The quantitative estimate of drug-likeness (QED) is 0.0132. The Hall–Kier alpha value is -8.23. The zero-order valence-electron chi connectivity index (χ0n) is 43.4. The monoisotopic (exact) mass is 1060 g/mol. The molecule has 0 saturated carbocycles. The van der Waals surface area contributed by atoms with Gasteiger partial charge in [0.1, 0.15) is 24.2 Å². The summed E-state index contributed by atoms with van der Waals surface area (Å²) in [5.74, 6) is 6.42. The van der Waals surface area contributed by atoms with Gasteiger partial charge in [0.25, 0.3) is 11.8 Å². The predicted molar refractivity (Wildman–Crippen MR) is 281 cm³/mol. The third kappa shape index (κ3) is 11.4. The number of phenols is 1. The highest BCUT2D eigenvalue weighted by molar-refractivity contribution is 6.31. The fourth-order valence-corrected chi connectivity index (χ4v) is 10.7. The number of nitrogens with zero attached hydrogens (tertiary/aromatic N) is 1. The molecule has 3 aromatic carbocycles. The van der Waals surface area contributed by atoms with Gasteiger partial charge >= 0.3 is 12.0 Å². The number of fused-ring (bicyclic) bond motifs is 4. The van der Waals surface area contributed by atoms with Crippen LogP contribution < -0.4 is 21.7 Å². The molecule has 8 rings (SSSR count). The molecule has 406 valence electrons. The zero-order valence-corrected chi connectivity index (χ0v) is 43.4. The van der Waals surface area contributed by atoms with Crippen molar-refractivity contribution < 1.29 is 67.9 Å². The molecule has 19 heteroatoms. The number of nitrogens with one attached hydrogen (secondary N) is 3. The number of ketones is 4. The smallest absolute Gasteiger partial charge is 0.312 e. The highest BCUT2D eigenvalue weighted by atomic mass is 16.7. The van der Waals surface area contributed by atoms with E-state index in [0.29, 0.717) is 42.4 Å². The van der Waals surface area contributed by atoms with E-state index in [2.05, 4.69) is 39.6 Å². The van der Waals surface area contributed by atoms with Crippen LogP contribution in [0.3, 0.4) is 0 Å². The molecule has 78 heavy (non-hydrogen) atoms. The summed E-state index contributed by atoms with van der Waals surface area (Å²) < 4.78 is 11.8. The minimum atomic E-state index is -1.70. The summed E-state index contributed by atoms with van der Waals surface area (Å²) in [6.45, 7) is 5.47. The van der Waals surface area contributed by atoms with E-state index in [1.54, 1.807) is 30.3 Å². The number of aliphatic hydroxyl groups is 2. The van der Waals surface area contributed by atoms with E-state index in [1.807, 2.05) is 13.8 Å². The maximum atomic E-state index is 14.4. The van der Waals surface area contributed by atoms with Crippen molar-refractivity contribution in [2.24, 2.45) is 17.6 Å². The maximum Gasteiger partial charge on any atom is 0.312 e. The highest BCUT2D eigenvalue weighted by Gasteiger charge is 2.82. The number of phenolic OH excluding ortho intramolecular Hbond substituents is 1. The van der Waals surface area contributed by atoms with Crippen molar-refractivity contribution in [1.29, 1.82) is 0 Å². The Balaban J connectivity index is 0.846. The van der Waals surface area contributed by atoms with E-state index in [-0.39, 0.29) is 121 Å². The van der Waals surface area contributed by atoms with Gasteiger partial charge in [-0.15, -0.1) is 0 Å². The number of carbonyl (C=O) groups is 9. The number of carbonyl (C=O) groups excluding carboxylic acids is 9. The largest absolute Gasteiger partial charge is 0.507 e. The highest BCUT2D eigenvalue weighted by Crippen LogP contribution is 2.67. The Morgan fingerprint density at radius 1 is 0.846 bits per heavy atom. The molecule has 5 aliphatic rings. The van der Waals surface area contributed by atoms with Crippen molar-refractivity contribution in [2.75, 3.05) is 18.4 Å². The number of hydrogen-bond donors (Lipinski definition) is 7. The predicted octanol–water partition coefficient (Wildman–Crippen LogP) is 3.68. The van der Waals surface area contributed by atoms with Crippen LogP contribution in [0.2, 0.25) is 0 Å². The number of unbranched alkanes of at least 4 members (excludes halogenated alkanes) is 2. The minimum Gasteiger partial charge on any atom is -0.507 e. The Labute approximate surface area is 450 Å². The van der Waals surface area contributed by atoms with Gasteiger partial charge in [0.2, 0.25) is 5.91 Å². The van der Waals surface area contributed by atoms with Crippen LogP contribution >= 0.6 is 0 Å². The van der Waals surface area contributed by atoms with Crippen LogP contribution in [0.15, 0.2) is 72.8 Å². The summed E-state index contributed by atoms with van der Waals surface area (Å²) in [6, 6.07) is 10.0. The molecule has 0 aromatic heterocycles. The molecular formula is C59H61N5O14. The molecule has 2 bridgehead atoms. The number of primary amides is 1. The number of nitrogens with two attached hydrogens (primary N) is 1. The van der Waals surface area contributed by atoms with Crippen molar-refractivity contribution in [3.05, 3.63) is 117 Å². The first-order valence-electron chi connectivity index (χ1n) is 26.0. The molecule has 3 heterocycles. The SMILES string of the molecule is CC(C)[C@H](CC(=O)CCCCCN1C(=O)C=CC1=O)C(=O)N[C@@H](CCCNC(N)=O)C(=O)Cc1ccc(COC(=O)CCc2ccc3c(c2)C(=O)c2c(O)cc4c(c2C3=O)N[C@H]2C#C/C=C\C#C[C@@H](O)[C@@]43O[C@@]23[C@@H](C)O)cc1. The van der Waals surface area contributed by atoms with Crippen LogP contribution in [-0.2, 0) is 63.3 Å². The van der Waals surface area contributed by atoms with E-state index >= 15 is 0 Å². The molecule has 3 aliphatic heterocycles. The molecule has 1 fully saturated rings. The zero-order chi connectivity index (χ0) is 56.1. The second kappa shape index (κ2) is 23.6. The van der Waals surface area contributed by atoms with Gasteiger partial charge in [0.05, 0.1) is 29.0 Å². The molecule has 2 aliphatic carbocycles. The number of allylic oxidation sites excluding steroid dienone is 2. The lowest BCUT2D eigenvalue weighted by atomic mass is 9.69. The van der Waals surface area contributed by atoms with E-state index in [9.17, 15) is 58.5 Å². The number of rotatable bonds is 24. The van der Waals surface area contributed by atoms with E-state index in [4.69, 9.17) is 15.2 Å². The number of ether oxygens (including phenoxy) is 2. The number of benzene rings is 3. The lowest BCUT2D eigenvalue weighted by Gasteiger charge is -2.37. The summed E-state index contributed by atoms with van der Waals surface area (Å²) >= 11 is 0. The normalized spacial score (nSPS) is 21.6. The number of imide groups is 1. The maximum absolute atomic E-state index is 14.4. The van der Waals surface area contributed by atoms with Gasteiger partial charge in [-0.3, -0.25) is 43.3 Å². The standard InChI is InChI=1S/C59H61N5O14/c1-33(2)40(30-38(66)12-7-6-10-27-64-48(70)23-24-49(64)71)56(75)62-43(13-11-26-61-57(60)76)44(67)29-36-16-18-37(19-17-36)32-77-50(72)25-21-35-20-22-39-41(28-35)55(74)51-45(68)31-42-53(52(51)54(39)73)63-46-14-8-4-5-9-15-47(69)59(42)58(46,78-59)34(3)65/h4-5,16-20,22-24,28,31,33-34,40,43,46-47,63,65,68-69H,6-7,10-13,21,25-27,29-30,32H2,1-3H3,(H,62,75)(H3,60,61,76)/b5-4-/t34-,40+,43+,46+,47-,58+,59+/m1/s1. The topological polar surface area (TPSA) is 301 Å². The van der Waals surface area contributed by atoms with Crippen LogP contribution in [0, 0.1) is 35.5 Å². The molecule has 0 spiro atoms. The van der Waals surface area contributed by atoms with E-state index in [0.717, 1.165) is 4.90 Å². The summed E-state index contributed by atoms with van der Waals surface area (Å²) in [5.41, 5.74) is 3.76. The van der Waals surface area contributed by atoms with Crippen LogP contribution in [0.25, 0.3) is 0 Å². The lowest BCUT2D eigenvalue weighted by molar-refractivity contribution is -0.145. The molecule has 3 aromatic rings. The van der Waals surface area contributed by atoms with Gasteiger partial charge in [-0.05, 0) is 85.9 Å². The molecule has 1 saturated heterocycles. The molecule has 5 amide bonds. The van der Waals surface area contributed by atoms with Crippen molar-refractivity contribution in [1.82, 2.24) is 15.5 Å². The van der Waals surface area contributed by atoms with Crippen LogP contribution in [0.4, 0.5) is 10.5 Å². The number of aromatic hydroxyl groups is 1. The average molecular weight is 1060 g/mol.